The van der Waals surface area contributed by atoms with Gasteiger partial charge in [0.25, 0.3) is 0 Å². The van der Waals surface area contributed by atoms with Gasteiger partial charge in [-0.2, -0.15) is 0 Å². The molecule has 2 aliphatic rings. The largest absolute Gasteiger partial charge is 0.458 e. The summed E-state index contributed by atoms with van der Waals surface area (Å²) in [6.07, 6.45) is 9.23. The van der Waals surface area contributed by atoms with E-state index in [2.05, 4.69) is 6.58 Å². The van der Waals surface area contributed by atoms with E-state index in [0.29, 0.717) is 6.42 Å². The Morgan fingerprint density at radius 1 is 1.42 bits per heavy atom. The molecule has 1 saturated heterocycles. The van der Waals surface area contributed by atoms with Crippen molar-refractivity contribution in [1.29, 1.82) is 0 Å². The van der Waals surface area contributed by atoms with E-state index in [-0.39, 0.29) is 31.1 Å². The molecule has 26 heavy (non-hydrogen) atoms. The smallest absolute Gasteiger partial charge is 0.307 e. The number of aliphatic hydroxyl groups is 1. The normalized spacial score (nSPS) is 29.2. The van der Waals surface area contributed by atoms with Crippen molar-refractivity contribution in [3.8, 4) is 0 Å². The second kappa shape index (κ2) is 8.49. The lowest BCUT2D eigenvalue weighted by Crippen LogP contribution is -2.38. The van der Waals surface area contributed by atoms with Crippen LogP contribution >= 0.6 is 0 Å². The third-order valence-corrected chi connectivity index (χ3v) is 5.01. The number of hydrogen-bond acceptors (Lipinski definition) is 5. The molecule has 2 rings (SSSR count). The maximum atomic E-state index is 12.1. The first-order valence-electron chi connectivity index (χ1n) is 8.95. The van der Waals surface area contributed by atoms with Crippen LogP contribution in [0.25, 0.3) is 0 Å². The summed E-state index contributed by atoms with van der Waals surface area (Å²) in [6, 6.07) is 0. The summed E-state index contributed by atoms with van der Waals surface area (Å²) in [4.78, 5) is 23.4. The zero-order chi connectivity index (χ0) is 19.3. The lowest BCUT2D eigenvalue weighted by atomic mass is 9.68. The molecule has 0 amide bonds. The van der Waals surface area contributed by atoms with E-state index in [4.69, 9.17) is 14.6 Å². The zero-order valence-corrected chi connectivity index (χ0v) is 15.8. The summed E-state index contributed by atoms with van der Waals surface area (Å²) < 4.78 is 10.9. The van der Waals surface area contributed by atoms with E-state index in [1.165, 1.54) is 6.92 Å². The molecule has 1 N–H and O–H groups in total. The molecule has 0 bridgehead atoms. The Balaban J connectivity index is 2.17. The van der Waals surface area contributed by atoms with Crippen molar-refractivity contribution in [3.63, 3.8) is 0 Å². The second-order valence-corrected chi connectivity index (χ2v) is 7.24. The molecule has 1 aliphatic heterocycles. The molecular formula is C21H28O5. The number of carbonyl (C=O) groups excluding carboxylic acids is 2. The van der Waals surface area contributed by atoms with Crippen LogP contribution in [0.15, 0.2) is 47.6 Å². The standard InChI is InChI=1S/C21H28O5/c1-14(6-5-7-15(2)13-22)10-19-21(12-20(24)26-19)11-18(25-17(4)23)9-8-16(21)3/h7-10,18-19,22H,3,5-6,11-13H2,1-2,4H3/b14-10+,15-7+/t18-,19-,21?/m1/s1. The Kier molecular flexibility index (Phi) is 6.59. The molecule has 3 atom stereocenters. The van der Waals surface area contributed by atoms with Crippen LogP contribution in [0.4, 0.5) is 0 Å². The minimum Gasteiger partial charge on any atom is -0.458 e. The maximum absolute atomic E-state index is 12.1. The number of cyclic esters (lactones) is 1. The van der Waals surface area contributed by atoms with E-state index in [0.717, 1.165) is 29.6 Å². The molecule has 0 aromatic heterocycles. The van der Waals surface area contributed by atoms with Gasteiger partial charge in [0.05, 0.1) is 13.0 Å². The fraction of sp³-hybridized carbons (Fsp3) is 0.524. The van der Waals surface area contributed by atoms with Crippen molar-refractivity contribution >= 4 is 11.9 Å². The average molecular weight is 360 g/mol. The van der Waals surface area contributed by atoms with Crippen LogP contribution in [-0.2, 0) is 19.1 Å². The number of esters is 2. The van der Waals surface area contributed by atoms with Gasteiger partial charge in [-0.3, -0.25) is 9.59 Å². The lowest BCUT2D eigenvalue weighted by Gasteiger charge is -2.37. The fourth-order valence-electron chi connectivity index (χ4n) is 3.53. The van der Waals surface area contributed by atoms with E-state index in [1.54, 1.807) is 0 Å². The van der Waals surface area contributed by atoms with E-state index in [1.807, 2.05) is 38.2 Å². The summed E-state index contributed by atoms with van der Waals surface area (Å²) in [5, 5.41) is 9.05. The van der Waals surface area contributed by atoms with Gasteiger partial charge in [-0.1, -0.05) is 29.9 Å². The molecule has 1 spiro atoms. The van der Waals surface area contributed by atoms with E-state index >= 15 is 0 Å². The Morgan fingerprint density at radius 2 is 2.15 bits per heavy atom. The molecule has 1 aliphatic carbocycles. The molecule has 1 fully saturated rings. The summed E-state index contributed by atoms with van der Waals surface area (Å²) in [5.74, 6) is -0.602. The predicted octanol–water partition coefficient (Wildman–Crippen LogP) is 3.40. The Morgan fingerprint density at radius 3 is 2.81 bits per heavy atom. The molecule has 1 unspecified atom stereocenters. The van der Waals surface area contributed by atoms with Crippen LogP contribution in [0.1, 0.15) is 46.5 Å². The summed E-state index contributed by atoms with van der Waals surface area (Å²) in [7, 11) is 0. The first kappa shape index (κ1) is 20.2. The molecule has 0 aromatic rings. The van der Waals surface area contributed by atoms with Crippen LogP contribution in [0, 0.1) is 5.41 Å². The van der Waals surface area contributed by atoms with Gasteiger partial charge >= 0.3 is 11.9 Å². The van der Waals surface area contributed by atoms with Gasteiger partial charge in [-0.05, 0) is 44.4 Å². The molecule has 5 nitrogen and oxygen atoms in total. The van der Waals surface area contributed by atoms with Gasteiger partial charge in [0.2, 0.25) is 0 Å². The van der Waals surface area contributed by atoms with Gasteiger partial charge in [0.15, 0.2) is 0 Å². The highest BCUT2D eigenvalue weighted by Crippen LogP contribution is 2.49. The summed E-state index contributed by atoms with van der Waals surface area (Å²) >= 11 is 0. The first-order valence-corrected chi connectivity index (χ1v) is 8.95. The average Bonchev–Trinajstić information content (AvgIpc) is 2.86. The molecule has 5 heteroatoms. The minimum atomic E-state index is -0.565. The van der Waals surface area contributed by atoms with Gasteiger partial charge in [0.1, 0.15) is 12.2 Å². The van der Waals surface area contributed by atoms with Crippen LogP contribution in [0.3, 0.4) is 0 Å². The molecular weight excluding hydrogens is 332 g/mol. The number of hydrogen-bond donors (Lipinski definition) is 1. The van der Waals surface area contributed by atoms with Gasteiger partial charge in [-0.25, -0.2) is 0 Å². The Labute approximate surface area is 155 Å². The number of carbonyl (C=O) groups is 2. The second-order valence-electron chi connectivity index (χ2n) is 7.24. The number of aliphatic hydroxyl groups excluding tert-OH is 1. The highest BCUT2D eigenvalue weighted by atomic mass is 16.6. The Hall–Kier alpha value is -2.14. The number of rotatable bonds is 6. The quantitative estimate of drug-likeness (QED) is 0.580. The van der Waals surface area contributed by atoms with Crippen molar-refractivity contribution in [2.75, 3.05) is 6.61 Å². The van der Waals surface area contributed by atoms with Crippen molar-refractivity contribution < 1.29 is 24.2 Å². The fourth-order valence-corrected chi connectivity index (χ4v) is 3.53. The molecule has 142 valence electrons. The number of ether oxygens (including phenoxy) is 2. The van der Waals surface area contributed by atoms with Crippen molar-refractivity contribution in [2.45, 2.75) is 58.7 Å². The first-order chi connectivity index (χ1) is 12.3. The summed E-state index contributed by atoms with van der Waals surface area (Å²) in [6.45, 7) is 9.47. The third kappa shape index (κ3) is 4.73. The highest BCUT2D eigenvalue weighted by Gasteiger charge is 2.52. The van der Waals surface area contributed by atoms with Crippen molar-refractivity contribution in [1.82, 2.24) is 0 Å². The van der Waals surface area contributed by atoms with Crippen molar-refractivity contribution in [2.24, 2.45) is 5.41 Å². The minimum absolute atomic E-state index is 0.0653. The topological polar surface area (TPSA) is 72.8 Å². The molecule has 0 saturated carbocycles. The SMILES string of the molecule is C=C1C=C[C@@H](OC(C)=O)CC12CC(=O)O[C@@H]2/C=C(\C)CC/C=C(\C)CO. The monoisotopic (exact) mass is 360 g/mol. The zero-order valence-electron chi connectivity index (χ0n) is 15.8. The predicted molar refractivity (Wildman–Crippen MR) is 99.2 cm³/mol. The molecule has 1 heterocycles. The van der Waals surface area contributed by atoms with Crippen LogP contribution in [0.5, 0.6) is 0 Å². The third-order valence-electron chi connectivity index (χ3n) is 5.01. The molecule has 0 aromatic carbocycles. The van der Waals surface area contributed by atoms with Gasteiger partial charge in [-0.15, -0.1) is 0 Å². The lowest BCUT2D eigenvalue weighted by molar-refractivity contribution is -0.146. The van der Waals surface area contributed by atoms with Crippen LogP contribution in [-0.4, -0.2) is 35.9 Å². The molecule has 0 radical (unpaired) electrons. The Bertz CT molecular complexity index is 670. The van der Waals surface area contributed by atoms with Crippen LogP contribution < -0.4 is 0 Å². The van der Waals surface area contributed by atoms with Crippen molar-refractivity contribution in [3.05, 3.63) is 47.6 Å². The highest BCUT2D eigenvalue weighted by molar-refractivity contribution is 5.75. The number of allylic oxidation sites excluding steroid dienone is 3. The van der Waals surface area contributed by atoms with Crippen LogP contribution in [0.2, 0.25) is 0 Å². The summed E-state index contributed by atoms with van der Waals surface area (Å²) in [5.41, 5.74) is 2.32. The van der Waals surface area contributed by atoms with E-state index < -0.39 is 11.5 Å². The van der Waals surface area contributed by atoms with Gasteiger partial charge in [0, 0.05) is 18.8 Å². The van der Waals surface area contributed by atoms with Gasteiger partial charge < -0.3 is 14.6 Å². The maximum Gasteiger partial charge on any atom is 0.307 e. The van der Waals surface area contributed by atoms with E-state index in [9.17, 15) is 9.59 Å².